The second-order valence-corrected chi connectivity index (χ2v) is 9.33. The summed E-state index contributed by atoms with van der Waals surface area (Å²) < 4.78 is 24.0. The lowest BCUT2D eigenvalue weighted by Gasteiger charge is -2.16. The highest BCUT2D eigenvalue weighted by molar-refractivity contribution is 7.93. The number of sulfone groups is 1. The van der Waals surface area contributed by atoms with E-state index in [1.807, 2.05) is 6.07 Å². The molecule has 0 bridgehead atoms. The molecule has 1 aliphatic rings. The van der Waals surface area contributed by atoms with Gasteiger partial charge in [-0.25, -0.2) is 13.4 Å². The van der Waals surface area contributed by atoms with E-state index in [-0.39, 0.29) is 5.75 Å². The van der Waals surface area contributed by atoms with Crippen LogP contribution < -0.4 is 11.1 Å². The molecule has 1 fully saturated rings. The summed E-state index contributed by atoms with van der Waals surface area (Å²) in [7, 11) is -3.12. The molecule has 3 N–H and O–H groups in total. The van der Waals surface area contributed by atoms with Crippen LogP contribution in [-0.2, 0) is 16.4 Å². The maximum absolute atomic E-state index is 11.8. The average Bonchev–Trinajstić information content (AvgIpc) is 2.84. The second kappa shape index (κ2) is 7.97. The van der Waals surface area contributed by atoms with Gasteiger partial charge in [-0.1, -0.05) is 32.6 Å². The largest absolute Gasteiger partial charge is 0.370 e. The maximum atomic E-state index is 11.8. The number of hydrogen-bond acceptors (Lipinski definition) is 4. The van der Waals surface area contributed by atoms with Crippen molar-refractivity contribution in [3.63, 3.8) is 0 Å². The molecule has 0 amide bonds. The van der Waals surface area contributed by atoms with Gasteiger partial charge in [0.2, 0.25) is 0 Å². The van der Waals surface area contributed by atoms with E-state index in [1.54, 1.807) is 13.0 Å². The standard InChI is InChI=1S/C15H25N3O2S2/c1-2-22(19,20)14-10-9-13(21-14)11-17-15(16)18-12-7-5-3-4-6-8-12/h9-10,12H,2-8,11H2,1H3,(H3,16,17,18). The van der Waals surface area contributed by atoms with Crippen molar-refractivity contribution in [3.05, 3.63) is 17.0 Å². The third kappa shape index (κ3) is 4.98. The van der Waals surface area contributed by atoms with Gasteiger partial charge in [-0.3, -0.25) is 0 Å². The minimum Gasteiger partial charge on any atom is -0.370 e. The highest BCUT2D eigenvalue weighted by Gasteiger charge is 2.15. The first kappa shape index (κ1) is 17.3. The van der Waals surface area contributed by atoms with Gasteiger partial charge < -0.3 is 11.1 Å². The Morgan fingerprint density at radius 1 is 1.32 bits per heavy atom. The van der Waals surface area contributed by atoms with Crippen molar-refractivity contribution in [1.82, 2.24) is 5.32 Å². The molecular weight excluding hydrogens is 318 g/mol. The summed E-state index contributed by atoms with van der Waals surface area (Å²) in [4.78, 5) is 5.25. The molecule has 124 valence electrons. The average molecular weight is 344 g/mol. The summed E-state index contributed by atoms with van der Waals surface area (Å²) in [5.41, 5.74) is 5.95. The van der Waals surface area contributed by atoms with Crippen molar-refractivity contribution < 1.29 is 8.42 Å². The van der Waals surface area contributed by atoms with Gasteiger partial charge in [0.05, 0.1) is 12.3 Å². The van der Waals surface area contributed by atoms with Crippen molar-refractivity contribution in [3.8, 4) is 0 Å². The first-order valence-electron chi connectivity index (χ1n) is 7.89. The summed E-state index contributed by atoms with van der Waals surface area (Å²) in [6.07, 6.45) is 7.39. The molecule has 0 atom stereocenters. The highest BCUT2D eigenvalue weighted by Crippen LogP contribution is 2.23. The molecule has 1 heterocycles. The molecule has 1 aromatic rings. The first-order valence-corrected chi connectivity index (χ1v) is 10.4. The van der Waals surface area contributed by atoms with Crippen molar-refractivity contribution in [2.24, 2.45) is 10.7 Å². The lowest BCUT2D eigenvalue weighted by Crippen LogP contribution is -2.39. The Hall–Kier alpha value is -1.08. The van der Waals surface area contributed by atoms with Crippen LogP contribution in [0.1, 0.15) is 50.3 Å². The molecule has 7 heteroatoms. The van der Waals surface area contributed by atoms with Gasteiger partial charge in [0.25, 0.3) is 0 Å². The fraction of sp³-hybridized carbons (Fsp3) is 0.667. The smallest absolute Gasteiger partial charge is 0.189 e. The molecule has 0 radical (unpaired) electrons. The van der Waals surface area contributed by atoms with Crippen LogP contribution in [0.4, 0.5) is 0 Å². The normalized spacial score (nSPS) is 18.1. The summed E-state index contributed by atoms with van der Waals surface area (Å²) >= 11 is 1.28. The number of aliphatic imine (C=N–C) groups is 1. The fourth-order valence-electron chi connectivity index (χ4n) is 2.59. The topological polar surface area (TPSA) is 84.5 Å². The molecule has 1 aliphatic carbocycles. The molecule has 0 spiro atoms. The molecule has 1 saturated carbocycles. The van der Waals surface area contributed by atoms with Crippen LogP contribution in [0.25, 0.3) is 0 Å². The van der Waals surface area contributed by atoms with Gasteiger partial charge >= 0.3 is 0 Å². The maximum Gasteiger partial charge on any atom is 0.189 e. The fourth-order valence-corrected chi connectivity index (χ4v) is 5.00. The molecule has 2 rings (SSSR count). The Labute approximate surface area is 136 Å². The number of nitrogens with two attached hydrogens (primary N) is 1. The molecule has 0 aromatic carbocycles. The minimum absolute atomic E-state index is 0.127. The van der Waals surface area contributed by atoms with E-state index in [4.69, 9.17) is 5.73 Å². The third-order valence-electron chi connectivity index (χ3n) is 3.94. The Kier molecular flexibility index (Phi) is 6.26. The van der Waals surface area contributed by atoms with Gasteiger partial charge in [0.1, 0.15) is 4.21 Å². The molecule has 0 aliphatic heterocycles. The highest BCUT2D eigenvalue weighted by atomic mass is 32.2. The zero-order valence-electron chi connectivity index (χ0n) is 13.0. The minimum atomic E-state index is -3.12. The van der Waals surface area contributed by atoms with Crippen LogP contribution in [0.5, 0.6) is 0 Å². The second-order valence-electron chi connectivity index (χ2n) is 5.66. The monoisotopic (exact) mass is 343 g/mol. The van der Waals surface area contributed by atoms with Crippen LogP contribution in [0.15, 0.2) is 21.3 Å². The van der Waals surface area contributed by atoms with Crippen LogP contribution in [0.2, 0.25) is 0 Å². The quantitative estimate of drug-likeness (QED) is 0.489. The Balaban J connectivity index is 1.90. The van der Waals surface area contributed by atoms with Gasteiger partial charge in [-0.2, -0.15) is 0 Å². The van der Waals surface area contributed by atoms with Crippen molar-refractivity contribution in [1.29, 1.82) is 0 Å². The number of thiophene rings is 1. The summed E-state index contributed by atoms with van der Waals surface area (Å²) in [5, 5.41) is 3.29. The SMILES string of the molecule is CCS(=O)(=O)c1ccc(CN=C(N)NC2CCCCCC2)s1. The van der Waals surface area contributed by atoms with Crippen molar-refractivity contribution in [2.75, 3.05) is 5.75 Å². The molecule has 0 unspecified atom stereocenters. The van der Waals surface area contributed by atoms with Gasteiger partial charge in [0, 0.05) is 10.9 Å². The number of guanidine groups is 1. The lowest BCUT2D eigenvalue weighted by molar-refractivity contribution is 0.530. The Morgan fingerprint density at radius 2 is 2.00 bits per heavy atom. The summed E-state index contributed by atoms with van der Waals surface area (Å²) in [6, 6.07) is 3.89. The van der Waals surface area contributed by atoms with Crippen molar-refractivity contribution in [2.45, 2.75) is 62.2 Å². The first-order chi connectivity index (χ1) is 10.5. The number of nitrogens with one attached hydrogen (secondary N) is 1. The van der Waals surface area contributed by atoms with E-state index in [9.17, 15) is 8.42 Å². The van der Waals surface area contributed by atoms with Gasteiger partial charge in [-0.05, 0) is 25.0 Å². The summed E-state index contributed by atoms with van der Waals surface area (Å²) in [6.45, 7) is 2.08. The van der Waals surface area contributed by atoms with Gasteiger partial charge in [-0.15, -0.1) is 11.3 Å². The van der Waals surface area contributed by atoms with Crippen LogP contribution >= 0.6 is 11.3 Å². The Bertz CT molecular complexity index is 600. The van der Waals surface area contributed by atoms with E-state index in [1.165, 1.54) is 37.0 Å². The van der Waals surface area contributed by atoms with Crippen LogP contribution in [0.3, 0.4) is 0 Å². The molecule has 5 nitrogen and oxygen atoms in total. The Morgan fingerprint density at radius 3 is 2.64 bits per heavy atom. The van der Waals surface area contributed by atoms with E-state index >= 15 is 0 Å². The predicted molar refractivity (Wildman–Crippen MR) is 92.0 cm³/mol. The van der Waals surface area contributed by atoms with E-state index in [0.717, 1.165) is 17.7 Å². The van der Waals surface area contributed by atoms with Crippen LogP contribution in [0, 0.1) is 0 Å². The number of nitrogens with zero attached hydrogens (tertiary/aromatic N) is 1. The molecular formula is C15H25N3O2S2. The zero-order valence-corrected chi connectivity index (χ0v) is 14.7. The predicted octanol–water partition coefficient (Wildman–Crippen LogP) is 2.67. The molecule has 0 saturated heterocycles. The zero-order chi connectivity index (χ0) is 16.0. The van der Waals surface area contributed by atoms with Crippen molar-refractivity contribution >= 4 is 27.1 Å². The molecule has 1 aromatic heterocycles. The van der Waals surface area contributed by atoms with Crippen LogP contribution in [-0.4, -0.2) is 26.2 Å². The third-order valence-corrected chi connectivity index (χ3v) is 7.32. The number of hydrogen-bond donors (Lipinski definition) is 2. The van der Waals surface area contributed by atoms with E-state index < -0.39 is 9.84 Å². The van der Waals surface area contributed by atoms with E-state index in [0.29, 0.717) is 22.8 Å². The molecule has 22 heavy (non-hydrogen) atoms. The van der Waals surface area contributed by atoms with E-state index in [2.05, 4.69) is 10.3 Å². The van der Waals surface area contributed by atoms with Gasteiger partial charge in [0.15, 0.2) is 15.8 Å². The lowest BCUT2D eigenvalue weighted by atomic mass is 10.1. The summed E-state index contributed by atoms with van der Waals surface area (Å²) in [5.74, 6) is 0.585. The number of rotatable bonds is 5.